The van der Waals surface area contributed by atoms with Gasteiger partial charge in [-0.3, -0.25) is 4.79 Å². The molecule has 2 aromatic carbocycles. The standard InChI is InChI=1S/C21H24N4O2/c1-5-25(14-16-6-12-19(13-7-16)24(3)4)21(26)18-10-8-17(9-11-18)20-22-15(2)23-27-20/h6-13H,5,14H2,1-4H3. The number of anilines is 1. The quantitative estimate of drug-likeness (QED) is 0.666. The Labute approximate surface area is 159 Å². The number of carbonyl (C=O) groups excluding carboxylic acids is 1. The predicted molar refractivity (Wildman–Crippen MR) is 106 cm³/mol. The summed E-state index contributed by atoms with van der Waals surface area (Å²) in [4.78, 5) is 21.0. The fourth-order valence-corrected chi connectivity index (χ4v) is 2.80. The Balaban J connectivity index is 1.72. The monoisotopic (exact) mass is 364 g/mol. The summed E-state index contributed by atoms with van der Waals surface area (Å²) in [6.07, 6.45) is 0. The van der Waals surface area contributed by atoms with Gasteiger partial charge in [0.05, 0.1) is 0 Å². The molecule has 27 heavy (non-hydrogen) atoms. The molecule has 0 aliphatic carbocycles. The molecule has 0 atom stereocenters. The van der Waals surface area contributed by atoms with Gasteiger partial charge in [-0.05, 0) is 55.8 Å². The van der Waals surface area contributed by atoms with Gasteiger partial charge in [0.2, 0.25) is 0 Å². The second-order valence-corrected chi connectivity index (χ2v) is 6.60. The van der Waals surface area contributed by atoms with Gasteiger partial charge >= 0.3 is 0 Å². The highest BCUT2D eigenvalue weighted by Gasteiger charge is 2.15. The molecule has 6 nitrogen and oxygen atoms in total. The summed E-state index contributed by atoms with van der Waals surface area (Å²) in [5.41, 5.74) is 3.69. The average molecular weight is 364 g/mol. The molecule has 0 N–H and O–H groups in total. The number of carbonyl (C=O) groups is 1. The lowest BCUT2D eigenvalue weighted by Gasteiger charge is -2.22. The zero-order chi connectivity index (χ0) is 19.4. The van der Waals surface area contributed by atoms with E-state index in [0.717, 1.165) is 16.8 Å². The van der Waals surface area contributed by atoms with Crippen molar-refractivity contribution in [1.29, 1.82) is 0 Å². The van der Waals surface area contributed by atoms with Crippen molar-refractivity contribution in [2.24, 2.45) is 0 Å². The van der Waals surface area contributed by atoms with Crippen LogP contribution in [0.15, 0.2) is 53.1 Å². The number of nitrogens with zero attached hydrogens (tertiary/aromatic N) is 4. The number of hydrogen-bond donors (Lipinski definition) is 0. The van der Waals surface area contributed by atoms with Crippen molar-refractivity contribution in [2.45, 2.75) is 20.4 Å². The molecule has 3 rings (SSSR count). The molecule has 0 fully saturated rings. The lowest BCUT2D eigenvalue weighted by molar-refractivity contribution is 0.0752. The Morgan fingerprint density at radius 1 is 1.04 bits per heavy atom. The summed E-state index contributed by atoms with van der Waals surface area (Å²) in [5.74, 6) is 1.05. The summed E-state index contributed by atoms with van der Waals surface area (Å²) in [6.45, 7) is 4.98. The lowest BCUT2D eigenvalue weighted by Crippen LogP contribution is -2.30. The van der Waals surface area contributed by atoms with Crippen molar-refractivity contribution in [3.8, 4) is 11.5 Å². The van der Waals surface area contributed by atoms with Crippen LogP contribution in [0.4, 0.5) is 5.69 Å². The molecule has 0 unspecified atom stereocenters. The topological polar surface area (TPSA) is 62.5 Å². The van der Waals surface area contributed by atoms with Gasteiger partial charge in [0, 0.05) is 44.0 Å². The molecule has 0 radical (unpaired) electrons. The van der Waals surface area contributed by atoms with Gasteiger partial charge in [-0.2, -0.15) is 4.98 Å². The third-order valence-corrected chi connectivity index (χ3v) is 4.40. The van der Waals surface area contributed by atoms with Gasteiger partial charge in [0.1, 0.15) is 0 Å². The Morgan fingerprint density at radius 3 is 2.22 bits per heavy atom. The summed E-state index contributed by atoms with van der Waals surface area (Å²) >= 11 is 0. The summed E-state index contributed by atoms with van der Waals surface area (Å²) in [5, 5.41) is 3.79. The van der Waals surface area contributed by atoms with Crippen LogP contribution in [0.1, 0.15) is 28.7 Å². The third kappa shape index (κ3) is 4.34. The van der Waals surface area contributed by atoms with Gasteiger partial charge < -0.3 is 14.3 Å². The summed E-state index contributed by atoms with van der Waals surface area (Å²) in [7, 11) is 4.02. The van der Waals surface area contributed by atoms with Crippen LogP contribution in [-0.4, -0.2) is 41.6 Å². The first-order valence-electron chi connectivity index (χ1n) is 8.94. The first kappa shape index (κ1) is 18.6. The molecular weight excluding hydrogens is 340 g/mol. The van der Waals surface area contributed by atoms with Crippen molar-refractivity contribution < 1.29 is 9.32 Å². The number of aromatic nitrogens is 2. The maximum Gasteiger partial charge on any atom is 0.257 e. The van der Waals surface area contributed by atoms with Crippen LogP contribution < -0.4 is 4.90 Å². The van der Waals surface area contributed by atoms with Crippen LogP contribution in [0.2, 0.25) is 0 Å². The van der Waals surface area contributed by atoms with Crippen LogP contribution in [-0.2, 0) is 6.54 Å². The number of rotatable bonds is 6. The van der Waals surface area contributed by atoms with Gasteiger partial charge in [0.15, 0.2) is 5.82 Å². The highest BCUT2D eigenvalue weighted by molar-refractivity contribution is 5.94. The van der Waals surface area contributed by atoms with E-state index in [9.17, 15) is 4.79 Å². The van der Waals surface area contributed by atoms with E-state index < -0.39 is 0 Å². The van der Waals surface area contributed by atoms with Crippen LogP contribution >= 0.6 is 0 Å². The molecule has 0 saturated heterocycles. The highest BCUT2D eigenvalue weighted by atomic mass is 16.5. The molecule has 1 amide bonds. The Hall–Kier alpha value is -3.15. The Bertz CT molecular complexity index is 899. The van der Waals surface area contributed by atoms with Crippen molar-refractivity contribution in [1.82, 2.24) is 15.0 Å². The molecule has 0 bridgehead atoms. The van der Waals surface area contributed by atoms with Gasteiger partial charge in [0.25, 0.3) is 11.8 Å². The first-order valence-corrected chi connectivity index (χ1v) is 8.94. The normalized spacial score (nSPS) is 10.7. The van der Waals surface area contributed by atoms with E-state index in [-0.39, 0.29) is 5.91 Å². The highest BCUT2D eigenvalue weighted by Crippen LogP contribution is 2.19. The number of hydrogen-bond acceptors (Lipinski definition) is 5. The van der Waals surface area contributed by atoms with E-state index in [4.69, 9.17) is 4.52 Å². The Morgan fingerprint density at radius 2 is 1.70 bits per heavy atom. The number of aryl methyl sites for hydroxylation is 1. The average Bonchev–Trinajstić information content (AvgIpc) is 3.12. The molecule has 140 valence electrons. The van der Waals surface area contributed by atoms with E-state index in [1.165, 1.54) is 0 Å². The number of amides is 1. The van der Waals surface area contributed by atoms with Gasteiger partial charge in [-0.1, -0.05) is 17.3 Å². The minimum Gasteiger partial charge on any atom is -0.378 e. The second kappa shape index (κ2) is 8.03. The van der Waals surface area contributed by atoms with Crippen molar-refractivity contribution in [3.05, 3.63) is 65.5 Å². The zero-order valence-corrected chi connectivity index (χ0v) is 16.1. The second-order valence-electron chi connectivity index (χ2n) is 6.60. The minimum absolute atomic E-state index is 0.00226. The molecule has 0 saturated carbocycles. The molecule has 1 aromatic heterocycles. The van der Waals surface area contributed by atoms with E-state index in [2.05, 4.69) is 39.3 Å². The lowest BCUT2D eigenvalue weighted by atomic mass is 10.1. The maximum atomic E-state index is 12.9. The predicted octanol–water partition coefficient (Wildman–Crippen LogP) is 3.77. The molecule has 0 spiro atoms. The molecule has 3 aromatic rings. The molecule has 0 aliphatic heterocycles. The molecular formula is C21H24N4O2. The van der Waals surface area contributed by atoms with Crippen molar-refractivity contribution >= 4 is 11.6 Å². The summed E-state index contributed by atoms with van der Waals surface area (Å²) in [6, 6.07) is 15.5. The zero-order valence-electron chi connectivity index (χ0n) is 16.1. The molecule has 1 heterocycles. The minimum atomic E-state index is 0.00226. The SMILES string of the molecule is CCN(Cc1ccc(N(C)C)cc1)C(=O)c1ccc(-c2nc(C)no2)cc1. The van der Waals surface area contributed by atoms with Gasteiger partial charge in [-0.25, -0.2) is 0 Å². The van der Waals surface area contributed by atoms with E-state index >= 15 is 0 Å². The van der Waals surface area contributed by atoms with Crippen molar-refractivity contribution in [2.75, 3.05) is 25.5 Å². The van der Waals surface area contributed by atoms with E-state index in [0.29, 0.717) is 30.4 Å². The summed E-state index contributed by atoms with van der Waals surface area (Å²) < 4.78 is 5.16. The van der Waals surface area contributed by atoms with Crippen LogP contribution in [0.3, 0.4) is 0 Å². The third-order valence-electron chi connectivity index (χ3n) is 4.40. The van der Waals surface area contributed by atoms with Crippen LogP contribution in [0.5, 0.6) is 0 Å². The maximum absolute atomic E-state index is 12.9. The fraction of sp³-hybridized carbons (Fsp3) is 0.286. The molecule has 6 heteroatoms. The van der Waals surface area contributed by atoms with E-state index in [1.807, 2.05) is 38.1 Å². The van der Waals surface area contributed by atoms with Crippen LogP contribution in [0, 0.1) is 6.92 Å². The Kier molecular flexibility index (Phi) is 5.54. The number of benzene rings is 2. The molecule has 0 aliphatic rings. The smallest absolute Gasteiger partial charge is 0.257 e. The largest absolute Gasteiger partial charge is 0.378 e. The van der Waals surface area contributed by atoms with Crippen LogP contribution in [0.25, 0.3) is 11.5 Å². The van der Waals surface area contributed by atoms with Crippen molar-refractivity contribution in [3.63, 3.8) is 0 Å². The van der Waals surface area contributed by atoms with Gasteiger partial charge in [-0.15, -0.1) is 0 Å². The van der Waals surface area contributed by atoms with E-state index in [1.54, 1.807) is 19.1 Å². The first-order chi connectivity index (χ1) is 13.0. The fourth-order valence-electron chi connectivity index (χ4n) is 2.80.